The Kier molecular flexibility index (Phi) is 6.12. The maximum absolute atomic E-state index is 10.2. The third kappa shape index (κ3) is 4.34. The second-order valence-electron chi connectivity index (χ2n) is 5.40. The van der Waals surface area contributed by atoms with E-state index in [2.05, 4.69) is 5.32 Å². The van der Waals surface area contributed by atoms with Crippen molar-refractivity contribution in [3.63, 3.8) is 0 Å². The third-order valence-corrected chi connectivity index (χ3v) is 4.45. The van der Waals surface area contributed by atoms with Crippen LogP contribution >= 0.6 is 23.2 Å². The third-order valence-electron chi connectivity index (χ3n) is 3.87. The zero-order valence-corrected chi connectivity index (χ0v) is 12.9. The molecule has 5 heteroatoms. The molecule has 2 rings (SSSR count). The van der Waals surface area contributed by atoms with Gasteiger partial charge in [0.15, 0.2) is 0 Å². The van der Waals surface area contributed by atoms with Crippen LogP contribution in [-0.2, 0) is 0 Å². The fourth-order valence-electron chi connectivity index (χ4n) is 2.67. The van der Waals surface area contributed by atoms with Crippen LogP contribution in [0.1, 0.15) is 43.8 Å². The van der Waals surface area contributed by atoms with Crippen LogP contribution in [0.25, 0.3) is 0 Å². The van der Waals surface area contributed by atoms with Crippen LogP contribution in [0.15, 0.2) is 18.2 Å². The molecule has 1 fully saturated rings. The average Bonchev–Trinajstić information content (AvgIpc) is 2.63. The van der Waals surface area contributed by atoms with E-state index in [1.165, 1.54) is 0 Å². The normalized spacial score (nSPS) is 25.2. The SMILES string of the molecule is OC(CNC1CCCCCC1O)c1cc(Cl)ccc1Cl. The Morgan fingerprint density at radius 3 is 2.75 bits per heavy atom. The summed E-state index contributed by atoms with van der Waals surface area (Å²) >= 11 is 12.0. The van der Waals surface area contributed by atoms with Crippen LogP contribution in [0.2, 0.25) is 10.0 Å². The predicted octanol–water partition coefficient (Wildman–Crippen LogP) is 3.31. The minimum atomic E-state index is -0.725. The van der Waals surface area contributed by atoms with Gasteiger partial charge in [0, 0.05) is 28.2 Å². The number of hydrogen-bond acceptors (Lipinski definition) is 3. The number of hydrogen-bond donors (Lipinski definition) is 3. The molecule has 1 saturated carbocycles. The van der Waals surface area contributed by atoms with Crippen LogP contribution in [-0.4, -0.2) is 28.9 Å². The van der Waals surface area contributed by atoms with Gasteiger partial charge < -0.3 is 15.5 Å². The van der Waals surface area contributed by atoms with E-state index < -0.39 is 6.10 Å². The van der Waals surface area contributed by atoms with E-state index in [0.717, 1.165) is 32.1 Å². The van der Waals surface area contributed by atoms with Crippen LogP contribution in [0.4, 0.5) is 0 Å². The minimum Gasteiger partial charge on any atom is -0.392 e. The zero-order chi connectivity index (χ0) is 14.5. The maximum atomic E-state index is 10.2. The molecule has 112 valence electrons. The van der Waals surface area contributed by atoms with E-state index in [0.29, 0.717) is 22.2 Å². The van der Waals surface area contributed by atoms with Crippen molar-refractivity contribution in [2.45, 2.75) is 50.4 Å². The van der Waals surface area contributed by atoms with Gasteiger partial charge in [0.1, 0.15) is 0 Å². The molecule has 1 aromatic rings. The largest absolute Gasteiger partial charge is 0.392 e. The van der Waals surface area contributed by atoms with Crippen molar-refractivity contribution < 1.29 is 10.2 Å². The van der Waals surface area contributed by atoms with Gasteiger partial charge in [-0.3, -0.25) is 0 Å². The van der Waals surface area contributed by atoms with Gasteiger partial charge in [-0.2, -0.15) is 0 Å². The highest BCUT2D eigenvalue weighted by atomic mass is 35.5. The average molecular weight is 318 g/mol. The Balaban J connectivity index is 1.93. The molecule has 1 aromatic carbocycles. The molecule has 0 aromatic heterocycles. The van der Waals surface area contributed by atoms with Crippen LogP contribution in [0.3, 0.4) is 0 Å². The Hall–Kier alpha value is -0.320. The standard InChI is InChI=1S/C15H21Cl2NO2/c16-10-6-7-12(17)11(8-10)15(20)9-18-13-4-2-1-3-5-14(13)19/h6-8,13-15,18-20H,1-5,9H2. The Labute approximate surface area is 129 Å². The molecule has 3 atom stereocenters. The van der Waals surface area contributed by atoms with Crippen molar-refractivity contribution in [3.05, 3.63) is 33.8 Å². The van der Waals surface area contributed by atoms with Crippen LogP contribution in [0, 0.1) is 0 Å². The van der Waals surface area contributed by atoms with Gasteiger partial charge in [-0.25, -0.2) is 0 Å². The molecule has 0 radical (unpaired) electrons. The summed E-state index contributed by atoms with van der Waals surface area (Å²) in [4.78, 5) is 0. The van der Waals surface area contributed by atoms with Crippen molar-refractivity contribution in [3.8, 4) is 0 Å². The number of benzene rings is 1. The Morgan fingerprint density at radius 2 is 1.95 bits per heavy atom. The number of nitrogens with one attached hydrogen (secondary N) is 1. The summed E-state index contributed by atoms with van der Waals surface area (Å²) in [6.45, 7) is 0.363. The lowest BCUT2D eigenvalue weighted by Crippen LogP contribution is -2.41. The summed E-state index contributed by atoms with van der Waals surface area (Å²) in [7, 11) is 0. The van der Waals surface area contributed by atoms with Gasteiger partial charge in [0.25, 0.3) is 0 Å². The van der Waals surface area contributed by atoms with Crippen molar-refractivity contribution in [2.75, 3.05) is 6.54 Å². The van der Waals surface area contributed by atoms with Gasteiger partial charge in [0.2, 0.25) is 0 Å². The molecule has 0 saturated heterocycles. The summed E-state index contributed by atoms with van der Waals surface area (Å²) in [5.41, 5.74) is 0.620. The topological polar surface area (TPSA) is 52.5 Å². The number of aliphatic hydroxyl groups excluding tert-OH is 2. The highest BCUT2D eigenvalue weighted by molar-refractivity contribution is 6.33. The molecule has 1 aliphatic carbocycles. The van der Waals surface area contributed by atoms with Crippen molar-refractivity contribution in [2.24, 2.45) is 0 Å². The van der Waals surface area contributed by atoms with Gasteiger partial charge in [0.05, 0.1) is 12.2 Å². The number of rotatable bonds is 4. The monoisotopic (exact) mass is 317 g/mol. The highest BCUT2D eigenvalue weighted by Gasteiger charge is 2.22. The van der Waals surface area contributed by atoms with Crippen molar-refractivity contribution in [1.29, 1.82) is 0 Å². The lowest BCUT2D eigenvalue weighted by molar-refractivity contribution is 0.104. The molecule has 3 N–H and O–H groups in total. The van der Waals surface area contributed by atoms with E-state index in [9.17, 15) is 10.2 Å². The summed E-state index contributed by atoms with van der Waals surface area (Å²) < 4.78 is 0. The first kappa shape index (κ1) is 16.1. The molecule has 20 heavy (non-hydrogen) atoms. The molecule has 0 amide bonds. The summed E-state index contributed by atoms with van der Waals surface area (Å²) in [6.07, 6.45) is 4.06. The first-order valence-electron chi connectivity index (χ1n) is 7.12. The molecule has 0 bridgehead atoms. The molecule has 0 spiro atoms. The Bertz CT molecular complexity index is 442. The van der Waals surface area contributed by atoms with E-state index in [-0.39, 0.29) is 12.1 Å². The summed E-state index contributed by atoms with van der Waals surface area (Å²) in [5, 5.41) is 24.6. The quantitative estimate of drug-likeness (QED) is 0.747. The molecule has 0 aliphatic heterocycles. The van der Waals surface area contributed by atoms with Crippen LogP contribution < -0.4 is 5.32 Å². The molecule has 3 unspecified atom stereocenters. The van der Waals surface area contributed by atoms with Crippen molar-refractivity contribution >= 4 is 23.2 Å². The second-order valence-corrected chi connectivity index (χ2v) is 6.25. The zero-order valence-electron chi connectivity index (χ0n) is 11.4. The number of aliphatic hydroxyl groups is 2. The fraction of sp³-hybridized carbons (Fsp3) is 0.600. The van der Waals surface area contributed by atoms with E-state index in [1.54, 1.807) is 18.2 Å². The fourth-order valence-corrected chi connectivity index (χ4v) is 3.09. The molecule has 1 aliphatic rings. The highest BCUT2D eigenvalue weighted by Crippen LogP contribution is 2.26. The molecule has 0 heterocycles. The van der Waals surface area contributed by atoms with Gasteiger partial charge in [-0.15, -0.1) is 0 Å². The first-order valence-corrected chi connectivity index (χ1v) is 7.88. The summed E-state index contributed by atoms with van der Waals surface area (Å²) in [5.74, 6) is 0. The first-order chi connectivity index (χ1) is 9.58. The maximum Gasteiger partial charge on any atom is 0.0929 e. The molecule has 3 nitrogen and oxygen atoms in total. The van der Waals surface area contributed by atoms with E-state index >= 15 is 0 Å². The van der Waals surface area contributed by atoms with Crippen LogP contribution in [0.5, 0.6) is 0 Å². The van der Waals surface area contributed by atoms with Gasteiger partial charge in [-0.1, -0.05) is 42.5 Å². The van der Waals surface area contributed by atoms with E-state index in [1.807, 2.05) is 0 Å². The van der Waals surface area contributed by atoms with Gasteiger partial charge >= 0.3 is 0 Å². The Morgan fingerprint density at radius 1 is 1.20 bits per heavy atom. The predicted molar refractivity (Wildman–Crippen MR) is 82.3 cm³/mol. The lowest BCUT2D eigenvalue weighted by Gasteiger charge is -2.24. The number of halogens is 2. The van der Waals surface area contributed by atoms with E-state index in [4.69, 9.17) is 23.2 Å². The second kappa shape index (κ2) is 7.62. The molecular formula is C15H21Cl2NO2. The van der Waals surface area contributed by atoms with Crippen molar-refractivity contribution in [1.82, 2.24) is 5.32 Å². The summed E-state index contributed by atoms with van der Waals surface area (Å²) in [6, 6.07) is 5.11. The van der Waals surface area contributed by atoms with Gasteiger partial charge in [-0.05, 0) is 31.0 Å². The lowest BCUT2D eigenvalue weighted by atomic mass is 10.0. The molecular weight excluding hydrogens is 297 g/mol. The smallest absolute Gasteiger partial charge is 0.0929 e. The minimum absolute atomic E-state index is 0.0464.